The Kier molecular flexibility index (Phi) is 6.11. The minimum Gasteiger partial charge on any atom is -0.267 e. The fraction of sp³-hybridized carbons (Fsp3) is 0.188. The van der Waals surface area contributed by atoms with Gasteiger partial charge in [0.25, 0.3) is 11.8 Å². The van der Waals surface area contributed by atoms with E-state index in [1.807, 2.05) is 0 Å². The Morgan fingerprint density at radius 3 is 2.16 bits per heavy atom. The number of pyridine rings is 1. The van der Waals surface area contributed by atoms with Crippen molar-refractivity contribution in [2.24, 2.45) is 5.84 Å². The number of rotatable bonds is 5. The number of carbonyl (C=O) groups is 2. The normalized spacial score (nSPS) is 10.6. The third-order valence-corrected chi connectivity index (χ3v) is 3.75. The van der Waals surface area contributed by atoms with Crippen molar-refractivity contribution in [1.29, 1.82) is 0 Å². The van der Waals surface area contributed by atoms with E-state index in [1.54, 1.807) is 0 Å². The number of nitrogens with zero attached hydrogens (tertiary/aromatic N) is 2. The zero-order valence-electron chi connectivity index (χ0n) is 12.8. The number of nitrogens with two attached hydrogens (primary N) is 1. The van der Waals surface area contributed by atoms with Crippen LogP contribution in [-0.2, 0) is 20.0 Å². The van der Waals surface area contributed by atoms with Gasteiger partial charge in [0.15, 0.2) is 0 Å². The van der Waals surface area contributed by atoms with Crippen LogP contribution in [0.25, 0.3) is 0 Å². The van der Waals surface area contributed by atoms with Crippen molar-refractivity contribution in [2.75, 3.05) is 0 Å². The van der Waals surface area contributed by atoms with Gasteiger partial charge >= 0.3 is 0 Å². The molecule has 0 saturated heterocycles. The van der Waals surface area contributed by atoms with Gasteiger partial charge in [0, 0.05) is 6.20 Å². The zero-order valence-corrected chi connectivity index (χ0v) is 13.6. The fourth-order valence-corrected chi connectivity index (χ4v) is 2.49. The van der Waals surface area contributed by atoms with E-state index in [0.717, 1.165) is 12.1 Å². The quantitative estimate of drug-likeness (QED) is 0.288. The summed E-state index contributed by atoms with van der Waals surface area (Å²) in [7, 11) is 0. The Labute approximate surface area is 146 Å². The highest BCUT2D eigenvalue weighted by Crippen LogP contribution is 2.23. The Hall–Kier alpha value is -2.45. The first kappa shape index (κ1) is 18.9. The van der Waals surface area contributed by atoms with Gasteiger partial charge in [0.2, 0.25) is 0 Å². The number of aromatic nitrogens is 1. The Morgan fingerprint density at radius 1 is 1.08 bits per heavy atom. The second kappa shape index (κ2) is 8.09. The summed E-state index contributed by atoms with van der Waals surface area (Å²) < 4.78 is 39.3. The zero-order chi connectivity index (χ0) is 18.6. The first-order chi connectivity index (χ1) is 11.9. The first-order valence-corrected chi connectivity index (χ1v) is 7.38. The molecule has 0 spiro atoms. The Balaban J connectivity index is 2.46. The molecule has 132 valence electrons. The number of halogens is 4. The monoisotopic (exact) mass is 371 g/mol. The molecule has 2 rings (SSSR count). The van der Waals surface area contributed by atoms with E-state index in [1.165, 1.54) is 18.3 Å². The molecule has 0 fully saturated rings. The topological polar surface area (TPSA) is 76.3 Å². The van der Waals surface area contributed by atoms with Gasteiger partial charge in [-0.1, -0.05) is 11.6 Å². The standard InChI is InChI=1S/C16H13ClF3N3O2/c17-14-12(2-1-3-22-14)15(24)23(21)16(25)13-10(7-19)4-9(6-18)5-11(13)8-20/h1-5H,6-8,21H2. The van der Waals surface area contributed by atoms with E-state index < -0.39 is 37.4 Å². The molecule has 0 saturated carbocycles. The minimum absolute atomic E-state index is 0.0158. The number of alkyl halides is 3. The largest absolute Gasteiger partial charge is 0.278 e. The second-order valence-corrected chi connectivity index (χ2v) is 5.37. The molecule has 2 N–H and O–H groups in total. The first-order valence-electron chi connectivity index (χ1n) is 7.01. The Morgan fingerprint density at radius 2 is 1.68 bits per heavy atom. The van der Waals surface area contributed by atoms with Crippen LogP contribution in [0.1, 0.15) is 37.4 Å². The molecule has 0 bridgehead atoms. The number of benzene rings is 1. The molecule has 1 aromatic heterocycles. The number of carbonyl (C=O) groups excluding carboxylic acids is 2. The number of amides is 2. The molecule has 1 aromatic carbocycles. The van der Waals surface area contributed by atoms with E-state index in [4.69, 9.17) is 17.4 Å². The summed E-state index contributed by atoms with van der Waals surface area (Å²) in [6, 6.07) is 4.88. The summed E-state index contributed by atoms with van der Waals surface area (Å²) in [6.45, 7) is -3.26. The van der Waals surface area contributed by atoms with Crippen molar-refractivity contribution in [2.45, 2.75) is 20.0 Å². The lowest BCUT2D eigenvalue weighted by Gasteiger charge is -2.19. The highest BCUT2D eigenvalue weighted by atomic mass is 35.5. The van der Waals surface area contributed by atoms with Crippen LogP contribution in [0.15, 0.2) is 30.5 Å². The van der Waals surface area contributed by atoms with Crippen molar-refractivity contribution in [3.63, 3.8) is 0 Å². The maximum atomic E-state index is 13.3. The van der Waals surface area contributed by atoms with Crippen LogP contribution in [0, 0.1) is 0 Å². The van der Waals surface area contributed by atoms with Crippen LogP contribution in [0.4, 0.5) is 13.2 Å². The Bertz CT molecular complexity index is 792. The molecule has 5 nitrogen and oxygen atoms in total. The van der Waals surface area contributed by atoms with E-state index in [2.05, 4.69) is 4.98 Å². The minimum atomic E-state index is -1.16. The van der Waals surface area contributed by atoms with Crippen LogP contribution >= 0.6 is 11.6 Å². The van der Waals surface area contributed by atoms with E-state index in [0.29, 0.717) is 0 Å². The maximum Gasteiger partial charge on any atom is 0.278 e. The second-order valence-electron chi connectivity index (χ2n) is 5.01. The number of hydrazine groups is 1. The summed E-state index contributed by atoms with van der Waals surface area (Å²) >= 11 is 5.78. The predicted octanol–water partition coefficient (Wildman–Crippen LogP) is 3.30. The summed E-state index contributed by atoms with van der Waals surface area (Å²) in [5.41, 5.74) is -1.06. The highest BCUT2D eigenvalue weighted by Gasteiger charge is 2.27. The molecular weight excluding hydrogens is 359 g/mol. The lowest BCUT2D eigenvalue weighted by molar-refractivity contribution is 0.0613. The number of imide groups is 1. The molecule has 9 heteroatoms. The summed E-state index contributed by atoms with van der Waals surface area (Å²) in [5.74, 6) is 3.42. The van der Waals surface area contributed by atoms with Crippen molar-refractivity contribution in [3.8, 4) is 0 Å². The van der Waals surface area contributed by atoms with Crippen LogP contribution < -0.4 is 5.84 Å². The van der Waals surface area contributed by atoms with Crippen molar-refractivity contribution in [3.05, 3.63) is 63.4 Å². The maximum absolute atomic E-state index is 13.3. The van der Waals surface area contributed by atoms with E-state index in [-0.39, 0.29) is 32.4 Å². The predicted molar refractivity (Wildman–Crippen MR) is 84.8 cm³/mol. The van der Waals surface area contributed by atoms with Gasteiger partial charge in [-0.3, -0.25) is 9.59 Å². The van der Waals surface area contributed by atoms with Crippen molar-refractivity contribution in [1.82, 2.24) is 9.99 Å². The van der Waals surface area contributed by atoms with Gasteiger partial charge in [-0.15, -0.1) is 0 Å². The summed E-state index contributed by atoms with van der Waals surface area (Å²) in [6.07, 6.45) is 1.33. The molecule has 0 unspecified atom stereocenters. The lowest BCUT2D eigenvalue weighted by Crippen LogP contribution is -2.43. The molecule has 25 heavy (non-hydrogen) atoms. The van der Waals surface area contributed by atoms with Gasteiger partial charge in [0.1, 0.15) is 25.2 Å². The van der Waals surface area contributed by atoms with Gasteiger partial charge < -0.3 is 0 Å². The average Bonchev–Trinajstić information content (AvgIpc) is 2.65. The third kappa shape index (κ3) is 3.80. The number of hydrogen-bond donors (Lipinski definition) is 1. The SMILES string of the molecule is NN(C(=O)c1cccnc1Cl)C(=O)c1c(CF)cc(CF)cc1CF. The van der Waals surface area contributed by atoms with Crippen molar-refractivity contribution < 1.29 is 22.8 Å². The average molecular weight is 372 g/mol. The fourth-order valence-electron chi connectivity index (χ4n) is 2.29. The van der Waals surface area contributed by atoms with E-state index in [9.17, 15) is 22.8 Å². The van der Waals surface area contributed by atoms with Gasteiger partial charge in [-0.05, 0) is 41.0 Å². The molecular formula is C16H13ClF3N3O2. The summed E-state index contributed by atoms with van der Waals surface area (Å²) in [5, 5.41) is 0.0195. The van der Waals surface area contributed by atoms with Gasteiger partial charge in [-0.25, -0.2) is 29.0 Å². The number of hydrogen-bond acceptors (Lipinski definition) is 4. The van der Waals surface area contributed by atoms with Crippen LogP contribution in [0.3, 0.4) is 0 Å². The van der Waals surface area contributed by atoms with Crippen LogP contribution in [-0.4, -0.2) is 21.8 Å². The molecule has 0 aliphatic carbocycles. The summed E-state index contributed by atoms with van der Waals surface area (Å²) in [4.78, 5) is 28.5. The molecule has 0 atom stereocenters. The molecule has 0 aliphatic heterocycles. The molecule has 0 aliphatic rings. The molecule has 0 radical (unpaired) electrons. The van der Waals surface area contributed by atoms with E-state index >= 15 is 0 Å². The third-order valence-electron chi connectivity index (χ3n) is 3.44. The van der Waals surface area contributed by atoms with Gasteiger partial charge in [0.05, 0.1) is 11.1 Å². The lowest BCUT2D eigenvalue weighted by atomic mass is 9.98. The highest BCUT2D eigenvalue weighted by molar-refractivity contribution is 6.33. The van der Waals surface area contributed by atoms with Crippen LogP contribution in [0.2, 0.25) is 5.15 Å². The van der Waals surface area contributed by atoms with Crippen molar-refractivity contribution >= 4 is 23.4 Å². The van der Waals surface area contributed by atoms with Gasteiger partial charge in [-0.2, -0.15) is 0 Å². The molecule has 1 heterocycles. The smallest absolute Gasteiger partial charge is 0.267 e. The molecule has 2 amide bonds. The molecule has 2 aromatic rings. The van der Waals surface area contributed by atoms with Crippen LogP contribution in [0.5, 0.6) is 0 Å².